The average Bonchev–Trinajstić information content (AvgIpc) is 3.02. The van der Waals surface area contributed by atoms with Crippen LogP contribution < -0.4 is 5.32 Å². The van der Waals surface area contributed by atoms with Crippen molar-refractivity contribution in [2.75, 3.05) is 0 Å². The Hall–Kier alpha value is -2.45. The fraction of sp³-hybridized carbons (Fsp3) is 0.792. The number of imide groups is 1. The molecule has 3 amide bonds. The van der Waals surface area contributed by atoms with Crippen LogP contribution in [0.15, 0.2) is 0 Å². The molecule has 0 radical (unpaired) electrons. The largest absolute Gasteiger partial charge is 0.460 e. The first-order valence-corrected chi connectivity index (χ1v) is 12.1. The van der Waals surface area contributed by atoms with Gasteiger partial charge in [-0.3, -0.25) is 19.2 Å². The van der Waals surface area contributed by atoms with E-state index < -0.39 is 47.7 Å². The minimum atomic E-state index is -1.35. The van der Waals surface area contributed by atoms with Crippen molar-refractivity contribution in [2.45, 2.75) is 123 Å². The summed E-state index contributed by atoms with van der Waals surface area (Å²) >= 11 is 0. The number of hydroxylamine groups is 2. The second-order valence-corrected chi connectivity index (χ2v) is 9.48. The van der Waals surface area contributed by atoms with Gasteiger partial charge in [-0.2, -0.15) is 0 Å². The van der Waals surface area contributed by atoms with Gasteiger partial charge in [-0.15, -0.1) is 5.06 Å². The molecule has 1 saturated heterocycles. The molecular formula is C24H40N2O7. The topological polar surface area (TPSA) is 119 Å². The average molecular weight is 469 g/mol. The summed E-state index contributed by atoms with van der Waals surface area (Å²) in [5.41, 5.74) is -0.771. The number of nitrogens with zero attached hydrogens (tertiary/aromatic N) is 1. The molecule has 188 valence electrons. The molecule has 0 unspecified atom stereocenters. The summed E-state index contributed by atoms with van der Waals surface area (Å²) in [5, 5.41) is 2.90. The zero-order valence-electron chi connectivity index (χ0n) is 20.6. The summed E-state index contributed by atoms with van der Waals surface area (Å²) in [6.07, 6.45) is 9.59. The molecule has 0 bridgehead atoms. The van der Waals surface area contributed by atoms with E-state index in [1.165, 1.54) is 32.1 Å². The van der Waals surface area contributed by atoms with E-state index in [0.717, 1.165) is 19.3 Å². The van der Waals surface area contributed by atoms with Gasteiger partial charge in [0.05, 0.1) is 6.42 Å². The standard InChI is InChI=1S/C24H40N2O7/c1-5-6-7-8-9-10-11-12-13-14-19(27)25-18(17-22(30)32-24(2,3)4)23(31)33-26-20(28)15-16-21(26)29/h18H,5-17H2,1-4H3,(H,25,27)/t18-/m0/s1. The van der Waals surface area contributed by atoms with Gasteiger partial charge in [0.15, 0.2) is 0 Å². The van der Waals surface area contributed by atoms with Crippen molar-refractivity contribution in [3.8, 4) is 0 Å². The summed E-state index contributed by atoms with van der Waals surface area (Å²) in [6, 6.07) is -1.35. The van der Waals surface area contributed by atoms with Crippen molar-refractivity contribution >= 4 is 29.7 Å². The highest BCUT2D eigenvalue weighted by molar-refractivity contribution is 6.02. The van der Waals surface area contributed by atoms with Crippen LogP contribution in [0.3, 0.4) is 0 Å². The third kappa shape index (κ3) is 12.4. The van der Waals surface area contributed by atoms with Gasteiger partial charge in [0.1, 0.15) is 11.6 Å². The fourth-order valence-corrected chi connectivity index (χ4v) is 3.42. The zero-order chi connectivity index (χ0) is 24.9. The van der Waals surface area contributed by atoms with Gasteiger partial charge in [-0.1, -0.05) is 58.3 Å². The van der Waals surface area contributed by atoms with E-state index in [1.54, 1.807) is 20.8 Å². The van der Waals surface area contributed by atoms with E-state index >= 15 is 0 Å². The molecule has 0 aliphatic carbocycles. The predicted octanol–water partition coefficient (Wildman–Crippen LogP) is 3.73. The lowest BCUT2D eigenvalue weighted by Crippen LogP contribution is -2.47. The molecule has 0 aromatic rings. The summed E-state index contributed by atoms with van der Waals surface area (Å²) in [5.74, 6) is -3.42. The molecule has 1 N–H and O–H groups in total. The summed E-state index contributed by atoms with van der Waals surface area (Å²) in [7, 11) is 0. The molecule has 1 heterocycles. The van der Waals surface area contributed by atoms with Crippen LogP contribution in [0.1, 0.15) is 111 Å². The van der Waals surface area contributed by atoms with Crippen molar-refractivity contribution in [3.63, 3.8) is 0 Å². The Kier molecular flexibility index (Phi) is 12.7. The van der Waals surface area contributed by atoms with Crippen LogP contribution >= 0.6 is 0 Å². The number of hydrogen-bond acceptors (Lipinski definition) is 7. The lowest BCUT2D eigenvalue weighted by atomic mass is 10.1. The van der Waals surface area contributed by atoms with Crippen molar-refractivity contribution in [2.24, 2.45) is 0 Å². The monoisotopic (exact) mass is 468 g/mol. The number of rotatable bonds is 15. The van der Waals surface area contributed by atoms with Crippen molar-refractivity contribution in [1.82, 2.24) is 10.4 Å². The highest BCUT2D eigenvalue weighted by Crippen LogP contribution is 2.15. The molecule has 0 saturated carbocycles. The van der Waals surface area contributed by atoms with Crippen LogP contribution in [-0.2, 0) is 33.5 Å². The van der Waals surface area contributed by atoms with E-state index in [1.807, 2.05) is 0 Å². The van der Waals surface area contributed by atoms with Crippen LogP contribution in [0, 0.1) is 0 Å². The number of ether oxygens (including phenoxy) is 1. The molecule has 9 heteroatoms. The van der Waals surface area contributed by atoms with Crippen molar-refractivity contribution in [1.29, 1.82) is 0 Å². The second kappa shape index (κ2) is 14.6. The van der Waals surface area contributed by atoms with Gasteiger partial charge in [-0.05, 0) is 27.2 Å². The maximum atomic E-state index is 12.6. The predicted molar refractivity (Wildman–Crippen MR) is 121 cm³/mol. The van der Waals surface area contributed by atoms with E-state index in [9.17, 15) is 24.0 Å². The van der Waals surface area contributed by atoms with Gasteiger partial charge in [0.2, 0.25) is 5.91 Å². The van der Waals surface area contributed by atoms with Gasteiger partial charge < -0.3 is 14.9 Å². The molecule has 1 atom stereocenters. The van der Waals surface area contributed by atoms with Crippen LogP contribution in [0.5, 0.6) is 0 Å². The Labute approximate surface area is 196 Å². The van der Waals surface area contributed by atoms with Gasteiger partial charge in [-0.25, -0.2) is 4.79 Å². The number of carbonyl (C=O) groups excluding carboxylic acids is 5. The van der Waals surface area contributed by atoms with E-state index in [4.69, 9.17) is 9.57 Å². The molecule has 0 spiro atoms. The normalized spacial score (nSPS) is 14.8. The summed E-state index contributed by atoms with van der Waals surface area (Å²) in [4.78, 5) is 65.5. The minimum absolute atomic E-state index is 0.0478. The number of amides is 3. The van der Waals surface area contributed by atoms with Gasteiger partial charge >= 0.3 is 11.9 Å². The molecule has 33 heavy (non-hydrogen) atoms. The number of carbonyl (C=O) groups is 5. The minimum Gasteiger partial charge on any atom is -0.460 e. The Morgan fingerprint density at radius 2 is 1.42 bits per heavy atom. The Morgan fingerprint density at radius 1 is 0.909 bits per heavy atom. The third-order valence-corrected chi connectivity index (χ3v) is 5.10. The summed E-state index contributed by atoms with van der Waals surface area (Å²) in [6.45, 7) is 7.24. The molecule has 1 rings (SSSR count). The third-order valence-electron chi connectivity index (χ3n) is 5.10. The van der Waals surface area contributed by atoms with Crippen LogP contribution in [0.25, 0.3) is 0 Å². The highest BCUT2D eigenvalue weighted by Gasteiger charge is 2.36. The molecule has 0 aromatic carbocycles. The second-order valence-electron chi connectivity index (χ2n) is 9.48. The first-order chi connectivity index (χ1) is 15.5. The molecule has 1 fully saturated rings. The molecule has 9 nitrogen and oxygen atoms in total. The van der Waals surface area contributed by atoms with Crippen LogP contribution in [-0.4, -0.2) is 46.4 Å². The fourth-order valence-electron chi connectivity index (χ4n) is 3.42. The number of nitrogens with one attached hydrogen (secondary N) is 1. The lowest BCUT2D eigenvalue weighted by molar-refractivity contribution is -0.199. The SMILES string of the molecule is CCCCCCCCCCCC(=O)N[C@@H](CC(=O)OC(C)(C)C)C(=O)ON1C(=O)CCC1=O. The van der Waals surface area contributed by atoms with E-state index in [-0.39, 0.29) is 19.3 Å². The van der Waals surface area contributed by atoms with E-state index in [2.05, 4.69) is 12.2 Å². The zero-order valence-corrected chi connectivity index (χ0v) is 20.6. The quantitative estimate of drug-likeness (QED) is 0.221. The van der Waals surface area contributed by atoms with Crippen molar-refractivity contribution in [3.05, 3.63) is 0 Å². The molecular weight excluding hydrogens is 428 g/mol. The van der Waals surface area contributed by atoms with E-state index in [0.29, 0.717) is 11.5 Å². The van der Waals surface area contributed by atoms with Crippen LogP contribution in [0.2, 0.25) is 0 Å². The number of unbranched alkanes of at least 4 members (excludes halogenated alkanes) is 8. The molecule has 1 aliphatic heterocycles. The maximum Gasteiger partial charge on any atom is 0.355 e. The Morgan fingerprint density at radius 3 is 1.94 bits per heavy atom. The lowest BCUT2D eigenvalue weighted by Gasteiger charge is -2.23. The highest BCUT2D eigenvalue weighted by atomic mass is 16.7. The number of esters is 1. The van der Waals surface area contributed by atoms with Gasteiger partial charge in [0, 0.05) is 19.3 Å². The first kappa shape index (κ1) is 28.6. The number of hydrogen-bond donors (Lipinski definition) is 1. The maximum absolute atomic E-state index is 12.6. The molecule has 1 aliphatic rings. The summed E-state index contributed by atoms with van der Waals surface area (Å²) < 4.78 is 5.23. The Balaban J connectivity index is 2.52. The Bertz CT molecular complexity index is 669. The smallest absolute Gasteiger partial charge is 0.355 e. The molecule has 0 aromatic heterocycles. The first-order valence-electron chi connectivity index (χ1n) is 12.1. The van der Waals surface area contributed by atoms with Crippen LogP contribution in [0.4, 0.5) is 0 Å². The van der Waals surface area contributed by atoms with Crippen molar-refractivity contribution < 1.29 is 33.5 Å². The van der Waals surface area contributed by atoms with Gasteiger partial charge in [0.25, 0.3) is 11.8 Å².